The minimum Gasteiger partial charge on any atom is -0.465 e. The molecule has 11 nitrogen and oxygen atoms in total. The summed E-state index contributed by atoms with van der Waals surface area (Å²) in [6.07, 6.45) is 19.3. The molecule has 0 heterocycles. The second-order valence-corrected chi connectivity index (χ2v) is 14.2. The molecule has 62 heavy (non-hydrogen) atoms. The molecule has 334 valence electrons. The quantitative estimate of drug-likeness (QED) is 0.0254. The van der Waals surface area contributed by atoms with Gasteiger partial charge in [-0.15, -0.1) is 0 Å². The van der Waals surface area contributed by atoms with E-state index >= 15 is 0 Å². The summed E-state index contributed by atoms with van der Waals surface area (Å²) in [5.41, 5.74) is 20.3. The van der Waals surface area contributed by atoms with Crippen LogP contribution in [0.4, 0.5) is 21.5 Å². The minimum atomic E-state index is -1.00. The zero-order chi connectivity index (χ0) is 46.6. The van der Waals surface area contributed by atoms with Crippen LogP contribution in [0.2, 0.25) is 0 Å². The number of hydrogen-bond donors (Lipinski definition) is 3. The molecular weight excluding hydrogens is 790 g/mol. The second-order valence-electron chi connectivity index (χ2n) is 14.2. The van der Waals surface area contributed by atoms with E-state index in [1.807, 2.05) is 30.3 Å². The lowest BCUT2D eigenvalue weighted by Gasteiger charge is -2.12. The highest BCUT2D eigenvalue weighted by Gasteiger charge is 2.12. The number of benzene rings is 4. The Morgan fingerprint density at radius 1 is 0.548 bits per heavy atom. The molecule has 0 aliphatic rings. The van der Waals surface area contributed by atoms with Gasteiger partial charge in [0.15, 0.2) is 0 Å². The molecule has 4 aromatic rings. The van der Waals surface area contributed by atoms with Crippen LogP contribution in [0.3, 0.4) is 0 Å². The number of hydrogen-bond acceptors (Lipinski definition) is 11. The number of carbonyl (C=O) groups is 4. The number of rotatable bonds is 20. The molecule has 4 aromatic carbocycles. The normalized spacial score (nSPS) is 10.8. The van der Waals surface area contributed by atoms with E-state index in [2.05, 4.69) is 40.8 Å². The van der Waals surface area contributed by atoms with Crippen LogP contribution in [-0.2, 0) is 25.4 Å². The Bertz CT molecular complexity index is 1990. The Labute approximate surface area is 368 Å². The summed E-state index contributed by atoms with van der Waals surface area (Å²) in [5, 5.41) is 3.51. The molecule has 0 bridgehead atoms. The average molecular weight is 855 g/mol. The minimum absolute atomic E-state index is 0.314. The van der Waals surface area contributed by atoms with Gasteiger partial charge < -0.3 is 35.7 Å². The summed E-state index contributed by atoms with van der Waals surface area (Å²) in [7, 11) is 4.44. The van der Waals surface area contributed by atoms with E-state index in [0.717, 1.165) is 59.3 Å². The number of esters is 4. The van der Waals surface area contributed by atoms with Gasteiger partial charge in [0.1, 0.15) is 0 Å². The van der Waals surface area contributed by atoms with Crippen LogP contribution >= 0.6 is 0 Å². The summed E-state index contributed by atoms with van der Waals surface area (Å²) in [5.74, 6) is -1.55. The van der Waals surface area contributed by atoms with E-state index in [9.17, 15) is 23.6 Å². The standard InChI is InChI=1S/C31H43NO4.C18H18N2O4.CH3F/c1-5-7-9-11-12-14-26-22-27(30(33)35-3)19-16-24(26)15-17-25-18-20-28(31(34)36-4)23-29(25)32-21-13-10-8-6-2;1-23-17(21)13-7-5-11(15(19)9-13)3-4-12-6-8-14(10-16(12)20)18(22)24-2;1-2/h15-20,22-23,32H,5-14,21H2,1-4H3;3-10H,19-20H2,1-2H3;1H3/b17-15+;4-3+;/i;;1D. The van der Waals surface area contributed by atoms with Gasteiger partial charge in [-0.25, -0.2) is 19.2 Å². The molecule has 0 unspecified atom stereocenters. The molecule has 0 spiro atoms. The Kier molecular flexibility index (Phi) is 23.3. The first-order chi connectivity index (χ1) is 30.4. The fourth-order valence-electron chi connectivity index (χ4n) is 6.32. The number of unbranched alkanes of at least 4 members (excludes halogenated alkanes) is 7. The Balaban J connectivity index is 0.000000436. The fourth-order valence-corrected chi connectivity index (χ4v) is 6.32. The Morgan fingerprint density at radius 3 is 1.37 bits per heavy atom. The van der Waals surface area contributed by atoms with Gasteiger partial charge in [-0.2, -0.15) is 0 Å². The summed E-state index contributed by atoms with van der Waals surface area (Å²) >= 11 is 0. The first kappa shape index (κ1) is 49.9. The number of alkyl halides is 1. The van der Waals surface area contributed by atoms with Crippen LogP contribution in [0.15, 0.2) is 72.8 Å². The number of nitrogen functional groups attached to an aromatic ring is 2. The van der Waals surface area contributed by atoms with Crippen LogP contribution in [0, 0.1) is 0 Å². The molecule has 0 atom stereocenters. The van der Waals surface area contributed by atoms with Crippen molar-refractivity contribution in [3.05, 3.63) is 123 Å². The maximum atomic E-state index is 12.1. The molecule has 0 aliphatic carbocycles. The summed E-state index contributed by atoms with van der Waals surface area (Å²) in [6, 6.07) is 21.2. The van der Waals surface area contributed by atoms with Crippen LogP contribution in [0.1, 0.15) is 142 Å². The topological polar surface area (TPSA) is 169 Å². The summed E-state index contributed by atoms with van der Waals surface area (Å²) < 4.78 is 34.6. The van der Waals surface area contributed by atoms with Gasteiger partial charge in [0.2, 0.25) is 0 Å². The van der Waals surface area contributed by atoms with Crippen LogP contribution in [0.5, 0.6) is 0 Å². The highest BCUT2D eigenvalue weighted by Crippen LogP contribution is 2.25. The van der Waals surface area contributed by atoms with Gasteiger partial charge in [-0.1, -0.05) is 107 Å². The van der Waals surface area contributed by atoms with Gasteiger partial charge in [0.25, 0.3) is 0 Å². The lowest BCUT2D eigenvalue weighted by atomic mass is 9.97. The number of nitrogens with two attached hydrogens (primary N) is 2. The van der Waals surface area contributed by atoms with Gasteiger partial charge in [0.05, 0.1) is 59.2 Å². The van der Waals surface area contributed by atoms with Crippen molar-refractivity contribution in [1.29, 1.82) is 0 Å². The number of nitrogens with one attached hydrogen (secondary N) is 1. The molecule has 0 fully saturated rings. The van der Waals surface area contributed by atoms with E-state index in [4.69, 9.17) is 22.3 Å². The third kappa shape index (κ3) is 16.9. The number of carbonyl (C=O) groups excluding carboxylic acids is 4. The maximum absolute atomic E-state index is 12.1. The number of halogens is 1. The molecule has 0 aromatic heterocycles. The molecule has 0 amide bonds. The van der Waals surface area contributed by atoms with Gasteiger partial charge in [0, 0.05) is 23.6 Å². The van der Waals surface area contributed by atoms with Crippen molar-refractivity contribution < 1.29 is 43.9 Å². The molecule has 0 saturated heterocycles. The lowest BCUT2D eigenvalue weighted by molar-refractivity contribution is 0.0592. The first-order valence-electron chi connectivity index (χ1n) is 21.5. The van der Waals surface area contributed by atoms with Crippen molar-refractivity contribution in [3.63, 3.8) is 0 Å². The van der Waals surface area contributed by atoms with E-state index < -0.39 is 19.1 Å². The Hall–Kier alpha value is -6.43. The van der Waals surface area contributed by atoms with Gasteiger partial charge >= 0.3 is 23.9 Å². The number of anilines is 3. The van der Waals surface area contributed by atoms with Crippen molar-refractivity contribution in [1.82, 2.24) is 0 Å². The van der Waals surface area contributed by atoms with Crippen LogP contribution in [0.25, 0.3) is 24.3 Å². The Morgan fingerprint density at radius 2 is 0.919 bits per heavy atom. The zero-order valence-electron chi connectivity index (χ0n) is 38.0. The summed E-state index contributed by atoms with van der Waals surface area (Å²) in [4.78, 5) is 47.1. The highest BCUT2D eigenvalue weighted by molar-refractivity contribution is 5.94. The van der Waals surface area contributed by atoms with Crippen molar-refractivity contribution in [2.24, 2.45) is 0 Å². The lowest BCUT2D eigenvalue weighted by Crippen LogP contribution is -2.06. The highest BCUT2D eigenvalue weighted by atomic mass is 19.1. The molecule has 12 heteroatoms. The molecule has 0 aliphatic heterocycles. The van der Waals surface area contributed by atoms with Crippen molar-refractivity contribution in [2.45, 2.75) is 78.1 Å². The first-order valence-corrected chi connectivity index (χ1v) is 20.8. The third-order valence-corrected chi connectivity index (χ3v) is 9.83. The van der Waals surface area contributed by atoms with E-state index in [1.54, 1.807) is 54.6 Å². The molecule has 5 N–H and O–H groups in total. The maximum Gasteiger partial charge on any atom is 0.337 e. The van der Waals surface area contributed by atoms with E-state index in [-0.39, 0.29) is 11.9 Å². The van der Waals surface area contributed by atoms with E-state index in [1.165, 1.54) is 73.4 Å². The van der Waals surface area contributed by atoms with Crippen molar-refractivity contribution in [3.8, 4) is 0 Å². The van der Waals surface area contributed by atoms with Crippen molar-refractivity contribution in [2.75, 3.05) is 58.9 Å². The van der Waals surface area contributed by atoms with E-state index in [0.29, 0.717) is 33.6 Å². The number of aryl methyl sites for hydroxylation is 1. The number of methoxy groups -OCH3 is 4. The zero-order valence-corrected chi connectivity index (χ0v) is 37.0. The molecule has 0 radical (unpaired) electrons. The second kappa shape index (κ2) is 28.9. The number of ether oxygens (including phenoxy) is 4. The monoisotopic (exact) mass is 854 g/mol. The van der Waals surface area contributed by atoms with Crippen LogP contribution in [-0.4, -0.2) is 66.0 Å². The third-order valence-electron chi connectivity index (χ3n) is 9.83. The molecule has 4 rings (SSSR count). The average Bonchev–Trinajstić information content (AvgIpc) is 3.30. The molecular formula is C50H64FN3O8. The SMILES string of the molecule is CCCCCCCc1cc(C(=O)OC)ccc1/C=C/c1ccc(C(=O)OC)cc1NCCCCCC.COC(=O)c1ccc(/C=C/c2ccc(C(=O)OC)cc2N)c(N)c1.[2H]CF. The van der Waals surface area contributed by atoms with Gasteiger partial charge in [-0.05, 0) is 95.6 Å². The van der Waals surface area contributed by atoms with Crippen LogP contribution < -0.4 is 16.8 Å². The van der Waals surface area contributed by atoms with Gasteiger partial charge in [-0.3, -0.25) is 4.39 Å². The van der Waals surface area contributed by atoms with Crippen molar-refractivity contribution >= 4 is 65.2 Å². The largest absolute Gasteiger partial charge is 0.465 e. The molecule has 0 saturated carbocycles. The fraction of sp³-hybridized carbons (Fsp3) is 0.360. The predicted molar refractivity (Wildman–Crippen MR) is 250 cm³/mol. The predicted octanol–water partition coefficient (Wildman–Crippen LogP) is 11.1. The summed E-state index contributed by atoms with van der Waals surface area (Å²) in [6.45, 7) is 5.27. The smallest absolute Gasteiger partial charge is 0.337 e.